The number of carbonyl (C=O) groups is 1. The molecule has 3 N–H and O–H groups in total. The number of halogens is 1. The summed E-state index contributed by atoms with van der Waals surface area (Å²) >= 11 is 0. The highest BCUT2D eigenvalue weighted by Gasteiger charge is 2.15. The van der Waals surface area contributed by atoms with Crippen LogP contribution in [0.1, 0.15) is 24.8 Å². The number of benzene rings is 1. The lowest BCUT2D eigenvalue weighted by molar-refractivity contribution is -0.118. The number of amides is 1. The van der Waals surface area contributed by atoms with Crippen molar-refractivity contribution in [2.24, 2.45) is 5.73 Å². The van der Waals surface area contributed by atoms with E-state index in [0.717, 1.165) is 18.4 Å². The highest BCUT2D eigenvalue weighted by atomic mass is 35.5. The van der Waals surface area contributed by atoms with Crippen molar-refractivity contribution >= 4 is 28.2 Å². The lowest BCUT2D eigenvalue weighted by Crippen LogP contribution is -2.32. The monoisotopic (exact) mass is 348 g/mol. The molecule has 0 atom stereocenters. The molecule has 0 radical (unpaired) electrons. The first-order valence-electron chi connectivity index (χ1n) is 7.24. The molecule has 0 aromatic heterocycles. The summed E-state index contributed by atoms with van der Waals surface area (Å²) in [6, 6.07) is 9.72. The lowest BCUT2D eigenvalue weighted by Gasteiger charge is -2.06. The molecule has 5 nitrogen and oxygen atoms in total. The molecule has 0 heterocycles. The maximum atomic E-state index is 11.8. The van der Waals surface area contributed by atoms with E-state index in [4.69, 9.17) is 5.73 Å². The number of hydrogen-bond donors (Lipinski definition) is 2. The van der Waals surface area contributed by atoms with Crippen LogP contribution >= 0.6 is 12.4 Å². The van der Waals surface area contributed by atoms with Crippen molar-refractivity contribution in [3.63, 3.8) is 0 Å². The standard InChI is InChI=1S/C15H24N2O3S.ClH/c16-10-4-5-11-17-15(18)13-21(19,20)12-6-9-14-7-2-1-3-8-14;/h1-3,7-8H,4-6,9-13,16H2,(H,17,18);1H. The van der Waals surface area contributed by atoms with Gasteiger partial charge in [-0.3, -0.25) is 4.79 Å². The SMILES string of the molecule is Cl.NCCCCNC(=O)CS(=O)(=O)CCCc1ccccc1. The molecular weight excluding hydrogens is 324 g/mol. The zero-order valence-corrected chi connectivity index (χ0v) is 14.3. The Morgan fingerprint density at radius 1 is 1.09 bits per heavy atom. The van der Waals surface area contributed by atoms with Crippen LogP contribution in [0.3, 0.4) is 0 Å². The summed E-state index contributed by atoms with van der Waals surface area (Å²) in [6.07, 6.45) is 2.84. The van der Waals surface area contributed by atoms with Crippen LogP contribution in [0, 0.1) is 0 Å². The van der Waals surface area contributed by atoms with Gasteiger partial charge in [-0.05, 0) is 37.8 Å². The Kier molecular flexibility index (Phi) is 10.9. The molecule has 0 aliphatic heterocycles. The molecule has 1 aromatic rings. The van der Waals surface area contributed by atoms with Gasteiger partial charge in [-0.2, -0.15) is 0 Å². The number of sulfone groups is 1. The maximum absolute atomic E-state index is 11.8. The second-order valence-electron chi connectivity index (χ2n) is 5.03. The third-order valence-electron chi connectivity index (χ3n) is 3.07. The minimum absolute atomic E-state index is 0. The summed E-state index contributed by atoms with van der Waals surface area (Å²) in [5.41, 5.74) is 6.45. The fourth-order valence-corrected chi connectivity index (χ4v) is 3.19. The zero-order valence-electron chi connectivity index (χ0n) is 12.7. The predicted molar refractivity (Wildman–Crippen MR) is 92.0 cm³/mol. The second kappa shape index (κ2) is 11.5. The Bertz CT molecular complexity index is 521. The Morgan fingerprint density at radius 3 is 2.41 bits per heavy atom. The van der Waals surface area contributed by atoms with Gasteiger partial charge in [-0.25, -0.2) is 8.42 Å². The van der Waals surface area contributed by atoms with E-state index < -0.39 is 21.5 Å². The third-order valence-corrected chi connectivity index (χ3v) is 4.68. The molecule has 0 aliphatic carbocycles. The van der Waals surface area contributed by atoms with Crippen molar-refractivity contribution in [3.8, 4) is 0 Å². The normalized spacial score (nSPS) is 10.8. The van der Waals surface area contributed by atoms with Crippen molar-refractivity contribution in [1.29, 1.82) is 0 Å². The third kappa shape index (κ3) is 9.76. The van der Waals surface area contributed by atoms with Crippen LogP contribution in [-0.2, 0) is 21.1 Å². The summed E-state index contributed by atoms with van der Waals surface area (Å²) in [5.74, 6) is -0.811. The molecule has 0 bridgehead atoms. The Balaban J connectivity index is 0.00000441. The van der Waals surface area contributed by atoms with Gasteiger partial charge < -0.3 is 11.1 Å². The van der Waals surface area contributed by atoms with Gasteiger partial charge in [0.05, 0.1) is 5.75 Å². The van der Waals surface area contributed by atoms with E-state index in [1.807, 2.05) is 30.3 Å². The number of carbonyl (C=O) groups excluding carboxylic acids is 1. The van der Waals surface area contributed by atoms with E-state index >= 15 is 0 Å². The zero-order chi connectivity index (χ0) is 15.6. The van der Waals surface area contributed by atoms with Gasteiger partial charge in [0.2, 0.25) is 5.91 Å². The summed E-state index contributed by atoms with van der Waals surface area (Å²) in [5, 5.41) is 2.61. The minimum atomic E-state index is -3.33. The van der Waals surface area contributed by atoms with Gasteiger partial charge >= 0.3 is 0 Å². The van der Waals surface area contributed by atoms with E-state index in [2.05, 4.69) is 5.32 Å². The molecule has 126 valence electrons. The number of aryl methyl sites for hydroxylation is 1. The summed E-state index contributed by atoms with van der Waals surface area (Å²) < 4.78 is 23.7. The molecule has 0 saturated carbocycles. The fourth-order valence-electron chi connectivity index (χ4n) is 1.96. The van der Waals surface area contributed by atoms with Crippen molar-refractivity contribution in [1.82, 2.24) is 5.32 Å². The number of rotatable bonds is 10. The Morgan fingerprint density at radius 2 is 1.77 bits per heavy atom. The molecule has 22 heavy (non-hydrogen) atoms. The summed E-state index contributed by atoms with van der Waals surface area (Å²) in [4.78, 5) is 11.5. The van der Waals surface area contributed by atoms with E-state index in [-0.39, 0.29) is 18.2 Å². The molecule has 7 heteroatoms. The number of nitrogens with two attached hydrogens (primary N) is 1. The van der Waals surface area contributed by atoms with Gasteiger partial charge in [0.1, 0.15) is 5.75 Å². The topological polar surface area (TPSA) is 89.3 Å². The van der Waals surface area contributed by atoms with Crippen LogP contribution in [0.2, 0.25) is 0 Å². The van der Waals surface area contributed by atoms with Crippen molar-refractivity contribution in [2.75, 3.05) is 24.6 Å². The van der Waals surface area contributed by atoms with Crippen LogP contribution < -0.4 is 11.1 Å². The highest BCUT2D eigenvalue weighted by molar-refractivity contribution is 7.92. The number of nitrogens with one attached hydrogen (secondary N) is 1. The van der Waals surface area contributed by atoms with Gasteiger partial charge in [0.15, 0.2) is 9.84 Å². The van der Waals surface area contributed by atoms with Crippen molar-refractivity contribution < 1.29 is 13.2 Å². The smallest absolute Gasteiger partial charge is 0.235 e. The van der Waals surface area contributed by atoms with E-state index in [1.165, 1.54) is 0 Å². The molecule has 0 unspecified atom stereocenters. The van der Waals surface area contributed by atoms with Crippen molar-refractivity contribution in [2.45, 2.75) is 25.7 Å². The Labute approximate surface area is 139 Å². The van der Waals surface area contributed by atoms with E-state index in [0.29, 0.717) is 25.9 Å². The predicted octanol–water partition coefficient (Wildman–Crippen LogP) is 1.31. The fraction of sp³-hybridized carbons (Fsp3) is 0.533. The van der Waals surface area contributed by atoms with E-state index in [1.54, 1.807) is 0 Å². The van der Waals surface area contributed by atoms with Crippen LogP contribution in [0.25, 0.3) is 0 Å². The van der Waals surface area contributed by atoms with Crippen molar-refractivity contribution in [3.05, 3.63) is 35.9 Å². The maximum Gasteiger partial charge on any atom is 0.235 e. The quantitative estimate of drug-likeness (QED) is 0.624. The first-order chi connectivity index (χ1) is 10.0. The molecule has 0 aliphatic rings. The molecule has 1 rings (SSSR count). The first-order valence-corrected chi connectivity index (χ1v) is 9.07. The molecule has 1 aromatic carbocycles. The molecule has 0 spiro atoms. The molecule has 0 saturated heterocycles. The van der Waals surface area contributed by atoms with E-state index in [9.17, 15) is 13.2 Å². The summed E-state index contributed by atoms with van der Waals surface area (Å²) in [6.45, 7) is 1.06. The lowest BCUT2D eigenvalue weighted by atomic mass is 10.1. The van der Waals surface area contributed by atoms with Crippen LogP contribution in [-0.4, -0.2) is 38.9 Å². The van der Waals surface area contributed by atoms with Crippen LogP contribution in [0.4, 0.5) is 0 Å². The van der Waals surface area contributed by atoms with Gasteiger partial charge in [0.25, 0.3) is 0 Å². The highest BCUT2D eigenvalue weighted by Crippen LogP contribution is 2.04. The number of unbranched alkanes of at least 4 members (excludes halogenated alkanes) is 1. The molecular formula is C15H25ClN2O3S. The Hall–Kier alpha value is -1.11. The van der Waals surface area contributed by atoms with Gasteiger partial charge in [-0.1, -0.05) is 30.3 Å². The van der Waals surface area contributed by atoms with Crippen LogP contribution in [0.5, 0.6) is 0 Å². The van der Waals surface area contributed by atoms with Gasteiger partial charge in [0, 0.05) is 6.54 Å². The first kappa shape index (κ1) is 20.9. The second-order valence-corrected chi connectivity index (χ2v) is 7.21. The average Bonchev–Trinajstić information content (AvgIpc) is 2.44. The number of hydrogen-bond acceptors (Lipinski definition) is 4. The summed E-state index contributed by atoms with van der Waals surface area (Å²) in [7, 11) is -3.33. The molecule has 0 fully saturated rings. The van der Waals surface area contributed by atoms with Gasteiger partial charge in [-0.15, -0.1) is 12.4 Å². The van der Waals surface area contributed by atoms with Crippen LogP contribution in [0.15, 0.2) is 30.3 Å². The largest absolute Gasteiger partial charge is 0.355 e. The molecule has 1 amide bonds. The minimum Gasteiger partial charge on any atom is -0.355 e. The average molecular weight is 349 g/mol.